The van der Waals surface area contributed by atoms with Crippen molar-refractivity contribution in [3.8, 4) is 11.5 Å². The summed E-state index contributed by atoms with van der Waals surface area (Å²) >= 11 is 6.12. The zero-order chi connectivity index (χ0) is 19.5. The third kappa shape index (κ3) is 4.41. The first kappa shape index (κ1) is 19.1. The lowest BCUT2D eigenvalue weighted by atomic mass is 10.1. The van der Waals surface area contributed by atoms with Crippen molar-refractivity contribution in [2.45, 2.75) is 13.5 Å². The molecule has 2 aromatic rings. The van der Waals surface area contributed by atoms with Crippen LogP contribution in [0.2, 0.25) is 5.02 Å². The molecule has 6 nitrogen and oxygen atoms in total. The van der Waals surface area contributed by atoms with Crippen molar-refractivity contribution in [3.63, 3.8) is 0 Å². The number of anilines is 1. The monoisotopic (exact) mass is 401 g/mol. The van der Waals surface area contributed by atoms with Gasteiger partial charge in [0.15, 0.2) is 11.5 Å². The molecule has 1 saturated heterocycles. The van der Waals surface area contributed by atoms with Crippen LogP contribution in [0.5, 0.6) is 11.5 Å². The number of carbonyl (C=O) groups is 1. The lowest BCUT2D eigenvalue weighted by Crippen LogP contribution is -2.48. The topological polar surface area (TPSA) is 54.0 Å². The summed E-state index contributed by atoms with van der Waals surface area (Å²) in [5.41, 5.74) is 2.89. The number of rotatable bonds is 5. The summed E-state index contributed by atoms with van der Waals surface area (Å²) < 4.78 is 10.8. The standard InChI is InChI=1S/C21H24ClN3O3/c1-15-17(22)3-2-4-18(15)23-21(26)13-25-9-7-24(8-10-25)12-16-5-6-19-20(11-16)28-14-27-19/h2-6,11H,7-10,12-14H2,1H3,(H,23,26). The van der Waals surface area contributed by atoms with Gasteiger partial charge in [0, 0.05) is 43.4 Å². The van der Waals surface area contributed by atoms with Crippen molar-refractivity contribution < 1.29 is 14.3 Å². The van der Waals surface area contributed by atoms with Crippen LogP contribution in [0.1, 0.15) is 11.1 Å². The van der Waals surface area contributed by atoms with Gasteiger partial charge < -0.3 is 14.8 Å². The minimum absolute atomic E-state index is 0.00501. The van der Waals surface area contributed by atoms with Crippen molar-refractivity contribution in [1.29, 1.82) is 0 Å². The second-order valence-corrected chi connectivity index (χ2v) is 7.61. The molecule has 0 saturated carbocycles. The Balaban J connectivity index is 1.25. The number of nitrogens with zero attached hydrogens (tertiary/aromatic N) is 2. The van der Waals surface area contributed by atoms with Gasteiger partial charge in [0.1, 0.15) is 0 Å². The molecule has 2 aromatic carbocycles. The predicted octanol–water partition coefficient (Wildman–Crippen LogP) is 3.13. The smallest absolute Gasteiger partial charge is 0.238 e. The SMILES string of the molecule is Cc1c(Cl)cccc1NC(=O)CN1CCN(Cc2ccc3c(c2)OCO3)CC1. The zero-order valence-electron chi connectivity index (χ0n) is 15.9. The summed E-state index contributed by atoms with van der Waals surface area (Å²) in [6.45, 7) is 7.07. The molecule has 2 aliphatic rings. The van der Waals surface area contributed by atoms with Crippen molar-refractivity contribution in [2.75, 3.05) is 44.8 Å². The van der Waals surface area contributed by atoms with Crippen LogP contribution in [0, 0.1) is 6.92 Å². The molecule has 7 heteroatoms. The van der Waals surface area contributed by atoms with Gasteiger partial charge in [-0.05, 0) is 42.3 Å². The molecule has 0 bridgehead atoms. The highest BCUT2D eigenvalue weighted by Gasteiger charge is 2.20. The van der Waals surface area contributed by atoms with Crippen LogP contribution in [0.4, 0.5) is 5.69 Å². The minimum atomic E-state index is -0.00501. The second-order valence-electron chi connectivity index (χ2n) is 7.20. The highest BCUT2D eigenvalue weighted by molar-refractivity contribution is 6.31. The van der Waals surface area contributed by atoms with E-state index in [1.807, 2.05) is 31.2 Å². The summed E-state index contributed by atoms with van der Waals surface area (Å²) in [5.74, 6) is 1.63. The summed E-state index contributed by atoms with van der Waals surface area (Å²) in [6, 6.07) is 11.7. The van der Waals surface area contributed by atoms with E-state index in [2.05, 4.69) is 27.2 Å². The Morgan fingerprint density at radius 1 is 1.07 bits per heavy atom. The number of ether oxygens (including phenoxy) is 2. The van der Waals surface area contributed by atoms with Crippen LogP contribution < -0.4 is 14.8 Å². The van der Waals surface area contributed by atoms with E-state index in [0.717, 1.165) is 55.5 Å². The molecule has 4 rings (SSSR count). The number of hydrogen-bond donors (Lipinski definition) is 1. The summed E-state index contributed by atoms with van der Waals surface area (Å²) in [7, 11) is 0. The maximum atomic E-state index is 12.4. The van der Waals surface area contributed by atoms with Crippen LogP contribution in [0.3, 0.4) is 0 Å². The number of piperazine rings is 1. The number of nitrogens with one attached hydrogen (secondary N) is 1. The summed E-state index contributed by atoms with van der Waals surface area (Å²) in [5, 5.41) is 3.63. The van der Waals surface area contributed by atoms with E-state index in [1.54, 1.807) is 0 Å². The molecule has 28 heavy (non-hydrogen) atoms. The van der Waals surface area contributed by atoms with Gasteiger partial charge in [0.05, 0.1) is 6.54 Å². The van der Waals surface area contributed by atoms with E-state index in [0.29, 0.717) is 18.4 Å². The van der Waals surface area contributed by atoms with Crippen molar-refractivity contribution in [3.05, 3.63) is 52.5 Å². The van der Waals surface area contributed by atoms with E-state index in [4.69, 9.17) is 21.1 Å². The molecule has 0 aliphatic carbocycles. The number of hydrogen-bond acceptors (Lipinski definition) is 5. The Kier molecular flexibility index (Phi) is 5.71. The Bertz CT molecular complexity index is 866. The Labute approximate surface area is 170 Å². The molecule has 0 atom stereocenters. The number of fused-ring (bicyclic) bond motifs is 1. The van der Waals surface area contributed by atoms with E-state index in [-0.39, 0.29) is 5.91 Å². The molecule has 0 radical (unpaired) electrons. The fraction of sp³-hybridized carbons (Fsp3) is 0.381. The molecule has 0 aromatic heterocycles. The molecule has 1 amide bonds. The largest absolute Gasteiger partial charge is 0.454 e. The lowest BCUT2D eigenvalue weighted by molar-refractivity contribution is -0.117. The van der Waals surface area contributed by atoms with Gasteiger partial charge in [-0.25, -0.2) is 0 Å². The van der Waals surface area contributed by atoms with E-state index < -0.39 is 0 Å². The van der Waals surface area contributed by atoms with Crippen molar-refractivity contribution in [1.82, 2.24) is 9.80 Å². The zero-order valence-corrected chi connectivity index (χ0v) is 16.7. The van der Waals surface area contributed by atoms with Crippen LogP contribution >= 0.6 is 11.6 Å². The van der Waals surface area contributed by atoms with Crippen LogP contribution in [-0.2, 0) is 11.3 Å². The van der Waals surface area contributed by atoms with Gasteiger partial charge in [-0.15, -0.1) is 0 Å². The highest BCUT2D eigenvalue weighted by Crippen LogP contribution is 2.32. The van der Waals surface area contributed by atoms with E-state index >= 15 is 0 Å². The molecule has 2 aliphatic heterocycles. The molecule has 148 valence electrons. The van der Waals surface area contributed by atoms with Gasteiger partial charge in [0.25, 0.3) is 0 Å². The first-order valence-electron chi connectivity index (χ1n) is 9.47. The van der Waals surface area contributed by atoms with Gasteiger partial charge in [-0.1, -0.05) is 23.7 Å². The Morgan fingerprint density at radius 3 is 2.64 bits per heavy atom. The molecule has 0 spiro atoms. The quantitative estimate of drug-likeness (QED) is 0.834. The average Bonchev–Trinajstić information content (AvgIpc) is 3.15. The van der Waals surface area contributed by atoms with Crippen LogP contribution in [0.15, 0.2) is 36.4 Å². The lowest BCUT2D eigenvalue weighted by Gasteiger charge is -2.34. The molecule has 1 N–H and O–H groups in total. The van der Waals surface area contributed by atoms with Crippen LogP contribution in [0.25, 0.3) is 0 Å². The maximum absolute atomic E-state index is 12.4. The maximum Gasteiger partial charge on any atom is 0.238 e. The average molecular weight is 402 g/mol. The number of benzene rings is 2. The third-order valence-corrected chi connectivity index (χ3v) is 5.63. The normalized spacial score (nSPS) is 16.9. The Hall–Kier alpha value is -2.28. The molecule has 2 heterocycles. The highest BCUT2D eigenvalue weighted by atomic mass is 35.5. The predicted molar refractivity (Wildman–Crippen MR) is 109 cm³/mol. The number of halogens is 1. The van der Waals surface area contributed by atoms with E-state index in [1.165, 1.54) is 5.56 Å². The number of amides is 1. The van der Waals surface area contributed by atoms with Gasteiger partial charge in [0.2, 0.25) is 12.7 Å². The van der Waals surface area contributed by atoms with Gasteiger partial charge >= 0.3 is 0 Å². The fourth-order valence-electron chi connectivity index (χ4n) is 3.54. The number of carbonyl (C=O) groups excluding carboxylic acids is 1. The first-order chi connectivity index (χ1) is 13.6. The van der Waals surface area contributed by atoms with Crippen LogP contribution in [-0.4, -0.2) is 55.2 Å². The second kappa shape index (κ2) is 8.39. The van der Waals surface area contributed by atoms with Gasteiger partial charge in [-0.2, -0.15) is 0 Å². The molecule has 0 unspecified atom stereocenters. The summed E-state index contributed by atoms with van der Waals surface area (Å²) in [6.07, 6.45) is 0. The summed E-state index contributed by atoms with van der Waals surface area (Å²) in [4.78, 5) is 17.0. The fourth-order valence-corrected chi connectivity index (χ4v) is 3.71. The molecular formula is C21H24ClN3O3. The first-order valence-corrected chi connectivity index (χ1v) is 9.84. The van der Waals surface area contributed by atoms with Crippen molar-refractivity contribution >= 4 is 23.2 Å². The third-order valence-electron chi connectivity index (χ3n) is 5.22. The molecule has 1 fully saturated rings. The minimum Gasteiger partial charge on any atom is -0.454 e. The van der Waals surface area contributed by atoms with E-state index in [9.17, 15) is 4.79 Å². The molecular weight excluding hydrogens is 378 g/mol. The van der Waals surface area contributed by atoms with Crippen molar-refractivity contribution in [2.24, 2.45) is 0 Å². The van der Waals surface area contributed by atoms with Gasteiger partial charge in [-0.3, -0.25) is 14.6 Å². The Morgan fingerprint density at radius 2 is 1.82 bits per heavy atom.